The predicted molar refractivity (Wildman–Crippen MR) is 62.9 cm³/mol. The molecule has 1 aromatic carbocycles. The van der Waals surface area contributed by atoms with Gasteiger partial charge in [-0.25, -0.2) is 0 Å². The van der Waals surface area contributed by atoms with Gasteiger partial charge in [-0.15, -0.1) is 0 Å². The maximum Gasteiger partial charge on any atom is 0.212 e. The highest BCUT2D eigenvalue weighted by Gasteiger charge is 2.32. The molecule has 2 aromatic rings. The van der Waals surface area contributed by atoms with Crippen molar-refractivity contribution in [2.45, 2.75) is 0 Å². The molecule has 0 aliphatic heterocycles. The lowest BCUT2D eigenvalue weighted by molar-refractivity contribution is 0.0972. The van der Waals surface area contributed by atoms with Gasteiger partial charge in [-0.3, -0.25) is 19.4 Å². The van der Waals surface area contributed by atoms with Crippen LogP contribution >= 0.6 is 0 Å². The highest BCUT2D eigenvalue weighted by Crippen LogP contribution is 2.27. The van der Waals surface area contributed by atoms with Gasteiger partial charge in [-0.1, -0.05) is 24.3 Å². The summed E-state index contributed by atoms with van der Waals surface area (Å²) in [7, 11) is 0. The van der Waals surface area contributed by atoms with Crippen molar-refractivity contribution in [3.8, 4) is 0 Å². The fraction of sp³-hybridized carbons (Fsp3) is 0. The van der Waals surface area contributed by atoms with E-state index in [2.05, 4.69) is 4.98 Å². The van der Waals surface area contributed by atoms with Crippen molar-refractivity contribution in [3.05, 3.63) is 64.5 Å². The number of benzene rings is 1. The molecule has 1 aromatic heterocycles. The van der Waals surface area contributed by atoms with Gasteiger partial charge in [0, 0.05) is 22.9 Å². The largest absolute Gasteiger partial charge is 0.298 e. The van der Waals surface area contributed by atoms with Gasteiger partial charge in [-0.05, 0) is 6.07 Å². The highest BCUT2D eigenvalue weighted by atomic mass is 16.1. The van der Waals surface area contributed by atoms with E-state index in [1.54, 1.807) is 24.3 Å². The van der Waals surface area contributed by atoms with Crippen LogP contribution in [0.1, 0.15) is 42.3 Å². The quantitative estimate of drug-likeness (QED) is 0.604. The van der Waals surface area contributed by atoms with E-state index in [1.807, 2.05) is 0 Å². The van der Waals surface area contributed by atoms with Gasteiger partial charge in [0.2, 0.25) is 5.78 Å². The van der Waals surface area contributed by atoms with Crippen molar-refractivity contribution in [2.24, 2.45) is 0 Å². The van der Waals surface area contributed by atoms with Crippen molar-refractivity contribution in [3.63, 3.8) is 0 Å². The summed E-state index contributed by atoms with van der Waals surface area (Å²) in [5, 5.41) is 0. The summed E-state index contributed by atoms with van der Waals surface area (Å²) in [6.07, 6.45) is 1.93. The van der Waals surface area contributed by atoms with Gasteiger partial charge in [0.1, 0.15) is 5.69 Å². The number of ketones is 2. The Morgan fingerprint density at radius 1 is 0.944 bits per heavy atom. The van der Waals surface area contributed by atoms with Crippen LogP contribution in [0.4, 0.5) is 0 Å². The number of fused-ring (bicyclic) bond motifs is 2. The first-order chi connectivity index (χ1) is 8.74. The molecular weight excluding hydrogens is 230 g/mol. The van der Waals surface area contributed by atoms with E-state index in [-0.39, 0.29) is 28.4 Å². The summed E-state index contributed by atoms with van der Waals surface area (Å²) in [6.45, 7) is 0. The third-order valence-electron chi connectivity index (χ3n) is 2.97. The Balaban J connectivity index is 2.37. The number of hydrogen-bond acceptors (Lipinski definition) is 4. The van der Waals surface area contributed by atoms with E-state index in [1.165, 1.54) is 12.3 Å². The molecule has 0 amide bonds. The maximum absolute atomic E-state index is 12.3. The third kappa shape index (κ3) is 1.26. The first kappa shape index (κ1) is 10.5. The van der Waals surface area contributed by atoms with E-state index < -0.39 is 0 Å². The molecular formula is C14H7NO3. The van der Waals surface area contributed by atoms with Crippen molar-refractivity contribution >= 4 is 17.9 Å². The summed E-state index contributed by atoms with van der Waals surface area (Å²) >= 11 is 0. The first-order valence-corrected chi connectivity index (χ1v) is 5.36. The molecule has 0 saturated heterocycles. The van der Waals surface area contributed by atoms with E-state index in [0.29, 0.717) is 17.4 Å². The maximum atomic E-state index is 12.3. The van der Waals surface area contributed by atoms with Crippen molar-refractivity contribution < 1.29 is 14.4 Å². The predicted octanol–water partition coefficient (Wildman–Crippen LogP) is 1.67. The monoisotopic (exact) mass is 237 g/mol. The van der Waals surface area contributed by atoms with Crippen LogP contribution in [0.25, 0.3) is 0 Å². The Morgan fingerprint density at radius 3 is 2.28 bits per heavy atom. The minimum Gasteiger partial charge on any atom is -0.298 e. The minimum atomic E-state index is -0.324. The Bertz CT molecular complexity index is 704. The van der Waals surface area contributed by atoms with Gasteiger partial charge >= 0.3 is 0 Å². The fourth-order valence-corrected chi connectivity index (χ4v) is 2.13. The Labute approximate surface area is 102 Å². The Kier molecular flexibility index (Phi) is 2.16. The van der Waals surface area contributed by atoms with Crippen LogP contribution in [0.3, 0.4) is 0 Å². The molecule has 0 bridgehead atoms. The van der Waals surface area contributed by atoms with Crippen molar-refractivity contribution in [1.29, 1.82) is 0 Å². The number of nitrogens with zero attached hydrogens (tertiary/aromatic N) is 1. The molecule has 0 N–H and O–H groups in total. The number of carbonyl (C=O) groups is 3. The first-order valence-electron chi connectivity index (χ1n) is 5.36. The molecule has 18 heavy (non-hydrogen) atoms. The zero-order valence-corrected chi connectivity index (χ0v) is 9.21. The van der Waals surface area contributed by atoms with Gasteiger partial charge in [0.15, 0.2) is 12.1 Å². The molecule has 0 atom stereocenters. The molecule has 3 rings (SSSR count). The molecule has 0 radical (unpaired) electrons. The number of carbonyl (C=O) groups excluding carboxylic acids is 3. The standard InChI is InChI=1S/C14H7NO3/c16-7-8-5-6-15-12-11(8)13(17)9-3-1-2-4-10(9)14(12)18/h1-7H. The molecule has 0 spiro atoms. The van der Waals surface area contributed by atoms with Gasteiger partial charge in [0.05, 0.1) is 5.56 Å². The number of hydrogen-bond donors (Lipinski definition) is 0. The Hall–Kier alpha value is -2.62. The topological polar surface area (TPSA) is 64.1 Å². The second kappa shape index (κ2) is 3.70. The zero-order chi connectivity index (χ0) is 12.7. The van der Waals surface area contributed by atoms with Crippen molar-refractivity contribution in [1.82, 2.24) is 4.98 Å². The van der Waals surface area contributed by atoms with Crippen LogP contribution in [0.15, 0.2) is 36.5 Å². The van der Waals surface area contributed by atoms with Gasteiger partial charge in [-0.2, -0.15) is 0 Å². The summed E-state index contributed by atoms with van der Waals surface area (Å²) in [4.78, 5) is 39.4. The van der Waals surface area contributed by atoms with Crippen LogP contribution in [0, 0.1) is 0 Å². The number of pyridine rings is 1. The summed E-state index contributed by atoms with van der Waals surface area (Å²) in [6, 6.07) is 7.99. The summed E-state index contributed by atoms with van der Waals surface area (Å²) < 4.78 is 0. The average molecular weight is 237 g/mol. The van der Waals surface area contributed by atoms with Crippen LogP contribution in [0.5, 0.6) is 0 Å². The van der Waals surface area contributed by atoms with Gasteiger partial charge in [0.25, 0.3) is 0 Å². The molecule has 4 nitrogen and oxygen atoms in total. The molecule has 1 aliphatic rings. The third-order valence-corrected chi connectivity index (χ3v) is 2.97. The van der Waals surface area contributed by atoms with Crippen LogP contribution in [-0.4, -0.2) is 22.8 Å². The smallest absolute Gasteiger partial charge is 0.212 e. The lowest BCUT2D eigenvalue weighted by Crippen LogP contribution is -2.23. The molecule has 1 heterocycles. The molecule has 0 saturated carbocycles. The lowest BCUT2D eigenvalue weighted by Gasteiger charge is -2.17. The van der Waals surface area contributed by atoms with E-state index >= 15 is 0 Å². The second-order valence-corrected chi connectivity index (χ2v) is 3.95. The molecule has 0 fully saturated rings. The van der Waals surface area contributed by atoms with E-state index in [9.17, 15) is 14.4 Å². The molecule has 1 aliphatic carbocycles. The fourth-order valence-electron chi connectivity index (χ4n) is 2.13. The zero-order valence-electron chi connectivity index (χ0n) is 9.21. The van der Waals surface area contributed by atoms with Gasteiger partial charge < -0.3 is 0 Å². The number of aromatic nitrogens is 1. The van der Waals surface area contributed by atoms with E-state index in [4.69, 9.17) is 0 Å². The number of aldehydes is 1. The molecule has 0 unspecified atom stereocenters. The average Bonchev–Trinajstić information content (AvgIpc) is 2.44. The number of rotatable bonds is 1. The van der Waals surface area contributed by atoms with Crippen LogP contribution < -0.4 is 0 Å². The Morgan fingerprint density at radius 2 is 1.61 bits per heavy atom. The van der Waals surface area contributed by atoms with Crippen molar-refractivity contribution in [2.75, 3.05) is 0 Å². The van der Waals surface area contributed by atoms with Crippen LogP contribution in [-0.2, 0) is 0 Å². The highest BCUT2D eigenvalue weighted by molar-refractivity contribution is 6.29. The lowest BCUT2D eigenvalue weighted by atomic mass is 9.85. The summed E-state index contributed by atoms with van der Waals surface area (Å²) in [5.41, 5.74) is 1.03. The summed E-state index contributed by atoms with van der Waals surface area (Å²) in [5.74, 6) is -0.640. The van der Waals surface area contributed by atoms with E-state index in [0.717, 1.165) is 0 Å². The second-order valence-electron chi connectivity index (χ2n) is 3.95. The minimum absolute atomic E-state index is 0.0586. The molecule has 86 valence electrons. The molecule has 4 heteroatoms. The SMILES string of the molecule is O=Cc1ccnc2c1C(=O)c1ccccc1C2=O. The van der Waals surface area contributed by atoms with Crippen LogP contribution in [0.2, 0.25) is 0 Å². The normalized spacial score (nSPS) is 12.9.